The van der Waals surface area contributed by atoms with Gasteiger partial charge in [-0.2, -0.15) is 0 Å². The van der Waals surface area contributed by atoms with Crippen molar-refractivity contribution in [3.8, 4) is 0 Å². The molecule has 0 fully saturated rings. The van der Waals surface area contributed by atoms with E-state index in [1.54, 1.807) is 0 Å². The van der Waals surface area contributed by atoms with Crippen molar-refractivity contribution >= 4 is 11.9 Å². The van der Waals surface area contributed by atoms with Gasteiger partial charge < -0.3 is 15.2 Å². The fraction of sp³-hybridized carbons (Fsp3) is 0.818. The highest BCUT2D eigenvalue weighted by molar-refractivity contribution is 5.76. The van der Waals surface area contributed by atoms with Crippen LogP contribution < -0.4 is 10.4 Å². The molecule has 0 heterocycles. The topological polar surface area (TPSA) is 69.2 Å². The zero-order valence-electron chi connectivity index (χ0n) is 9.38. The summed E-state index contributed by atoms with van der Waals surface area (Å²) >= 11 is 0. The highest BCUT2D eigenvalue weighted by Gasteiger charge is 1.99. The third kappa shape index (κ3) is 10.9. The van der Waals surface area contributed by atoms with Gasteiger partial charge in [0.2, 0.25) is 5.91 Å². The quantitative estimate of drug-likeness (QED) is 0.571. The van der Waals surface area contributed by atoms with Gasteiger partial charge in [0.25, 0.3) is 0 Å². The molecule has 0 unspecified atom stereocenters. The minimum atomic E-state index is -1.13. The smallest absolute Gasteiger partial charge is 0.220 e. The van der Waals surface area contributed by atoms with Crippen molar-refractivity contribution in [2.45, 2.75) is 51.9 Å². The summed E-state index contributed by atoms with van der Waals surface area (Å²) in [4.78, 5) is 21.2. The summed E-state index contributed by atoms with van der Waals surface area (Å²) in [5, 5.41) is 12.6. The Morgan fingerprint density at radius 1 is 1.07 bits per heavy atom. The van der Waals surface area contributed by atoms with Gasteiger partial charge in [0.1, 0.15) is 0 Å². The predicted molar refractivity (Wildman–Crippen MR) is 56.0 cm³/mol. The van der Waals surface area contributed by atoms with Crippen molar-refractivity contribution in [1.82, 2.24) is 5.32 Å². The average molecular weight is 214 g/mol. The van der Waals surface area contributed by atoms with E-state index < -0.39 is 5.97 Å². The molecule has 0 atom stereocenters. The van der Waals surface area contributed by atoms with E-state index >= 15 is 0 Å². The minimum absolute atomic E-state index is 0.0623. The first-order valence-electron chi connectivity index (χ1n) is 5.63. The van der Waals surface area contributed by atoms with E-state index in [4.69, 9.17) is 0 Å². The molecule has 4 nitrogen and oxygen atoms in total. The number of nitrogens with one attached hydrogen (secondary N) is 1. The lowest BCUT2D eigenvalue weighted by Gasteiger charge is -2.05. The lowest BCUT2D eigenvalue weighted by Crippen LogP contribution is -2.30. The van der Waals surface area contributed by atoms with Gasteiger partial charge in [-0.05, 0) is 6.42 Å². The number of amides is 1. The molecular formula is C11H20NO3-. The summed E-state index contributed by atoms with van der Waals surface area (Å²) in [6, 6.07) is 0. The lowest BCUT2D eigenvalue weighted by atomic mass is 10.1. The van der Waals surface area contributed by atoms with Crippen molar-refractivity contribution < 1.29 is 14.7 Å². The molecule has 15 heavy (non-hydrogen) atoms. The number of carboxylic acid groups (broad SMARTS) is 1. The molecule has 1 N–H and O–H groups in total. The van der Waals surface area contributed by atoms with Crippen LogP contribution >= 0.6 is 0 Å². The Hall–Kier alpha value is -1.06. The van der Waals surface area contributed by atoms with Gasteiger partial charge in [0.15, 0.2) is 0 Å². The zero-order chi connectivity index (χ0) is 11.5. The number of carbonyl (C=O) groups excluding carboxylic acids is 2. The number of hydrogen-bond acceptors (Lipinski definition) is 3. The summed E-state index contributed by atoms with van der Waals surface area (Å²) in [5.74, 6) is -1.19. The second-order valence-electron chi connectivity index (χ2n) is 3.64. The molecule has 0 radical (unpaired) electrons. The molecule has 0 saturated heterocycles. The molecule has 0 saturated carbocycles. The van der Waals surface area contributed by atoms with E-state index in [1.165, 1.54) is 19.3 Å². The Morgan fingerprint density at radius 2 is 1.73 bits per heavy atom. The Labute approximate surface area is 91.1 Å². The van der Waals surface area contributed by atoms with Gasteiger partial charge >= 0.3 is 0 Å². The number of aliphatic carboxylic acids is 1. The number of carbonyl (C=O) groups is 2. The second-order valence-corrected chi connectivity index (χ2v) is 3.64. The first-order chi connectivity index (χ1) is 7.16. The van der Waals surface area contributed by atoms with Crippen LogP contribution in [0.2, 0.25) is 0 Å². The van der Waals surface area contributed by atoms with Gasteiger partial charge in [0, 0.05) is 25.4 Å². The summed E-state index contributed by atoms with van der Waals surface area (Å²) in [7, 11) is 0. The summed E-state index contributed by atoms with van der Waals surface area (Å²) in [6.07, 6.45) is 5.92. The summed E-state index contributed by atoms with van der Waals surface area (Å²) in [6.45, 7) is 2.32. The van der Waals surface area contributed by atoms with Crippen LogP contribution in [0.15, 0.2) is 0 Å². The van der Waals surface area contributed by atoms with E-state index in [0.717, 1.165) is 12.8 Å². The van der Waals surface area contributed by atoms with E-state index in [9.17, 15) is 14.7 Å². The Bertz CT molecular complexity index is 192. The van der Waals surface area contributed by atoms with Crippen LogP contribution in [-0.4, -0.2) is 18.4 Å². The monoisotopic (exact) mass is 214 g/mol. The van der Waals surface area contributed by atoms with Crippen molar-refractivity contribution in [3.05, 3.63) is 0 Å². The summed E-state index contributed by atoms with van der Waals surface area (Å²) < 4.78 is 0. The fourth-order valence-electron chi connectivity index (χ4n) is 1.28. The number of rotatable bonds is 9. The molecule has 0 spiro atoms. The highest BCUT2D eigenvalue weighted by Crippen LogP contribution is 2.04. The number of unbranched alkanes of at least 4 members (excludes halogenated alkanes) is 4. The largest absolute Gasteiger partial charge is 0.550 e. The van der Waals surface area contributed by atoms with Gasteiger partial charge in [-0.25, -0.2) is 0 Å². The molecule has 1 amide bonds. The standard InChI is InChI=1S/C11H21NO3/c1-2-3-4-5-6-7-10(13)12-9-8-11(14)15/h2-9H2,1H3,(H,12,13)(H,14,15)/p-1. The summed E-state index contributed by atoms with van der Waals surface area (Å²) in [5.41, 5.74) is 0. The van der Waals surface area contributed by atoms with Crippen LogP contribution in [0.4, 0.5) is 0 Å². The molecule has 0 aromatic rings. The highest BCUT2D eigenvalue weighted by atomic mass is 16.4. The van der Waals surface area contributed by atoms with E-state index in [1.807, 2.05) is 0 Å². The van der Waals surface area contributed by atoms with Gasteiger partial charge in [-0.15, -0.1) is 0 Å². The van der Waals surface area contributed by atoms with Gasteiger partial charge in [0.05, 0.1) is 0 Å². The fourth-order valence-corrected chi connectivity index (χ4v) is 1.28. The molecule has 0 rings (SSSR count). The number of hydrogen-bond donors (Lipinski definition) is 1. The molecule has 0 aromatic heterocycles. The van der Waals surface area contributed by atoms with Gasteiger partial charge in [-0.1, -0.05) is 32.6 Å². The van der Waals surface area contributed by atoms with Crippen molar-refractivity contribution in [1.29, 1.82) is 0 Å². The van der Waals surface area contributed by atoms with Crippen molar-refractivity contribution in [3.63, 3.8) is 0 Å². The van der Waals surface area contributed by atoms with Crippen LogP contribution in [0.1, 0.15) is 51.9 Å². The van der Waals surface area contributed by atoms with E-state index in [-0.39, 0.29) is 18.9 Å². The van der Waals surface area contributed by atoms with Gasteiger partial charge in [-0.3, -0.25) is 4.79 Å². The maximum Gasteiger partial charge on any atom is 0.220 e. The molecule has 0 aromatic carbocycles. The lowest BCUT2D eigenvalue weighted by molar-refractivity contribution is -0.305. The van der Waals surface area contributed by atoms with E-state index in [0.29, 0.717) is 6.42 Å². The molecule has 0 aliphatic rings. The first kappa shape index (κ1) is 13.9. The number of carboxylic acids is 1. The first-order valence-corrected chi connectivity index (χ1v) is 5.63. The van der Waals surface area contributed by atoms with Crippen LogP contribution in [0.25, 0.3) is 0 Å². The third-order valence-corrected chi connectivity index (χ3v) is 2.16. The molecule has 88 valence electrons. The molecule has 4 heteroatoms. The van der Waals surface area contributed by atoms with Crippen LogP contribution in [0.5, 0.6) is 0 Å². The molecule has 0 aliphatic carbocycles. The van der Waals surface area contributed by atoms with Crippen LogP contribution in [0, 0.1) is 0 Å². The van der Waals surface area contributed by atoms with Crippen molar-refractivity contribution in [2.24, 2.45) is 0 Å². The van der Waals surface area contributed by atoms with Crippen LogP contribution in [-0.2, 0) is 9.59 Å². The SMILES string of the molecule is CCCCCCCC(=O)NCCC(=O)[O-]. The Kier molecular flexibility index (Phi) is 8.82. The Balaban J connectivity index is 3.22. The average Bonchev–Trinajstić information content (AvgIpc) is 2.17. The maximum atomic E-state index is 11.1. The molecule has 0 aliphatic heterocycles. The maximum absolute atomic E-state index is 11.1. The Morgan fingerprint density at radius 3 is 2.33 bits per heavy atom. The van der Waals surface area contributed by atoms with E-state index in [2.05, 4.69) is 12.2 Å². The van der Waals surface area contributed by atoms with Crippen LogP contribution in [0.3, 0.4) is 0 Å². The molecular weight excluding hydrogens is 194 g/mol. The predicted octanol–water partition coefficient (Wildman–Crippen LogP) is 0.603. The zero-order valence-corrected chi connectivity index (χ0v) is 9.38. The minimum Gasteiger partial charge on any atom is -0.550 e. The molecule has 0 bridgehead atoms. The normalized spacial score (nSPS) is 9.93. The van der Waals surface area contributed by atoms with Crippen molar-refractivity contribution in [2.75, 3.05) is 6.54 Å². The second kappa shape index (κ2) is 9.49. The third-order valence-electron chi connectivity index (χ3n) is 2.16.